The number of nitrogens with zero attached hydrogens (tertiary/aromatic N) is 3. The van der Waals surface area contributed by atoms with Gasteiger partial charge in [0.25, 0.3) is 0 Å². The first-order valence-electron chi connectivity index (χ1n) is 9.78. The fourth-order valence-electron chi connectivity index (χ4n) is 3.97. The summed E-state index contributed by atoms with van der Waals surface area (Å²) in [5, 5.41) is 14.0. The maximum atomic E-state index is 15.0. The van der Waals surface area contributed by atoms with Crippen molar-refractivity contribution >= 4 is 16.6 Å². The van der Waals surface area contributed by atoms with Crippen LogP contribution in [0.25, 0.3) is 16.6 Å². The molecule has 0 amide bonds. The molecule has 0 saturated carbocycles. The number of rotatable bonds is 3. The summed E-state index contributed by atoms with van der Waals surface area (Å²) in [5.74, 6) is -6.23. The number of halogens is 6. The van der Waals surface area contributed by atoms with Gasteiger partial charge in [-0.1, -0.05) is 0 Å². The second kappa shape index (κ2) is 7.88. The van der Waals surface area contributed by atoms with Gasteiger partial charge in [-0.25, -0.2) is 17.9 Å². The summed E-state index contributed by atoms with van der Waals surface area (Å²) in [7, 11) is 1.73. The standard InChI is InChI=1S/C21H19F6N3O2/c1-10-12-7-16(29(2)11-3-5-32-6-4-11)14(22)9-15(12)30(28-10)17-8-13(21(25,26)27)18(23)20(31)19(17)24/h7-9,11,31H,3-6H2,1-2H3. The largest absolute Gasteiger partial charge is 0.503 e. The molecule has 32 heavy (non-hydrogen) atoms. The van der Waals surface area contributed by atoms with Gasteiger partial charge in [0, 0.05) is 37.8 Å². The zero-order valence-electron chi connectivity index (χ0n) is 17.1. The number of fused-ring (bicyclic) bond motifs is 1. The van der Waals surface area contributed by atoms with Gasteiger partial charge < -0.3 is 14.7 Å². The Balaban J connectivity index is 1.88. The lowest BCUT2D eigenvalue weighted by molar-refractivity contribution is -0.140. The van der Waals surface area contributed by atoms with E-state index in [1.807, 2.05) is 0 Å². The van der Waals surface area contributed by atoms with E-state index >= 15 is 4.39 Å². The highest BCUT2D eigenvalue weighted by molar-refractivity contribution is 5.87. The van der Waals surface area contributed by atoms with Crippen LogP contribution in [0.15, 0.2) is 18.2 Å². The lowest BCUT2D eigenvalue weighted by Gasteiger charge is -2.33. The fourth-order valence-corrected chi connectivity index (χ4v) is 3.97. The maximum Gasteiger partial charge on any atom is 0.419 e. The van der Waals surface area contributed by atoms with Crippen molar-refractivity contribution in [1.82, 2.24) is 9.78 Å². The Bertz CT molecular complexity index is 1180. The highest BCUT2D eigenvalue weighted by Gasteiger charge is 2.38. The number of aryl methyl sites for hydroxylation is 1. The van der Waals surface area contributed by atoms with Gasteiger partial charge in [-0.15, -0.1) is 0 Å². The summed E-state index contributed by atoms with van der Waals surface area (Å²) in [6, 6.07) is 2.77. The Labute approximate surface area is 178 Å². The Morgan fingerprint density at radius 2 is 1.75 bits per heavy atom. The van der Waals surface area contributed by atoms with E-state index in [0.29, 0.717) is 37.1 Å². The molecule has 4 rings (SSSR count). The van der Waals surface area contributed by atoms with Crippen LogP contribution in [0.1, 0.15) is 24.1 Å². The SMILES string of the molecule is Cc1nn(-c2cc(C(F)(F)F)c(F)c(O)c2F)c2cc(F)c(N(C)C3CCOCC3)cc12. The monoisotopic (exact) mass is 459 g/mol. The van der Waals surface area contributed by atoms with Gasteiger partial charge in [0.05, 0.1) is 22.5 Å². The molecule has 1 fully saturated rings. The number of benzene rings is 2. The van der Waals surface area contributed by atoms with E-state index in [1.54, 1.807) is 11.9 Å². The van der Waals surface area contributed by atoms with Gasteiger partial charge in [-0.05, 0) is 31.9 Å². The van der Waals surface area contributed by atoms with E-state index < -0.39 is 40.6 Å². The topological polar surface area (TPSA) is 50.5 Å². The van der Waals surface area contributed by atoms with Crippen LogP contribution < -0.4 is 4.90 Å². The average Bonchev–Trinajstić information content (AvgIpc) is 3.06. The van der Waals surface area contributed by atoms with Crippen LogP contribution in [0.5, 0.6) is 5.75 Å². The molecule has 0 unspecified atom stereocenters. The Morgan fingerprint density at radius 3 is 2.38 bits per heavy atom. The predicted octanol–water partition coefficient (Wildman–Crippen LogP) is 5.09. The van der Waals surface area contributed by atoms with Gasteiger partial charge in [0.1, 0.15) is 11.5 Å². The van der Waals surface area contributed by atoms with Crippen LogP contribution in [0.4, 0.5) is 32.0 Å². The molecule has 0 aliphatic carbocycles. The summed E-state index contributed by atoms with van der Waals surface area (Å²) in [6.07, 6.45) is -3.79. The molecular formula is C21H19F6N3O2. The van der Waals surface area contributed by atoms with Crippen molar-refractivity contribution in [3.05, 3.63) is 46.9 Å². The van der Waals surface area contributed by atoms with Crippen molar-refractivity contribution in [2.24, 2.45) is 0 Å². The third-order valence-electron chi connectivity index (χ3n) is 5.74. The molecule has 172 valence electrons. The zero-order valence-corrected chi connectivity index (χ0v) is 17.1. The lowest BCUT2D eigenvalue weighted by atomic mass is 10.1. The molecule has 1 aliphatic heterocycles. The molecule has 1 saturated heterocycles. The van der Waals surface area contributed by atoms with E-state index in [9.17, 15) is 27.1 Å². The van der Waals surface area contributed by atoms with Crippen LogP contribution >= 0.6 is 0 Å². The molecule has 3 aromatic rings. The number of anilines is 1. The Hall–Kier alpha value is -2.95. The smallest absolute Gasteiger partial charge is 0.419 e. The van der Waals surface area contributed by atoms with Gasteiger partial charge in [0.15, 0.2) is 17.4 Å². The molecule has 1 aliphatic rings. The number of aromatic hydroxyl groups is 1. The van der Waals surface area contributed by atoms with Crippen molar-refractivity contribution in [3.8, 4) is 11.4 Å². The quantitative estimate of drug-likeness (QED) is 0.555. The summed E-state index contributed by atoms with van der Waals surface area (Å²) < 4.78 is 89.1. The fraction of sp³-hybridized carbons (Fsp3) is 0.381. The van der Waals surface area contributed by atoms with Crippen molar-refractivity contribution in [1.29, 1.82) is 0 Å². The maximum absolute atomic E-state index is 15.0. The van der Waals surface area contributed by atoms with Crippen molar-refractivity contribution in [3.63, 3.8) is 0 Å². The third kappa shape index (κ3) is 3.64. The van der Waals surface area contributed by atoms with Crippen molar-refractivity contribution in [2.75, 3.05) is 25.2 Å². The van der Waals surface area contributed by atoms with Gasteiger partial charge >= 0.3 is 6.18 Å². The van der Waals surface area contributed by atoms with Crippen LogP contribution in [0, 0.1) is 24.4 Å². The van der Waals surface area contributed by atoms with Gasteiger partial charge in [-0.3, -0.25) is 0 Å². The first kappa shape index (κ1) is 22.3. The van der Waals surface area contributed by atoms with Crippen LogP contribution in [-0.4, -0.2) is 41.2 Å². The minimum atomic E-state index is -5.19. The molecular weight excluding hydrogens is 440 g/mol. The Kier molecular flexibility index (Phi) is 5.48. The first-order chi connectivity index (χ1) is 15.0. The molecule has 0 atom stereocenters. The van der Waals surface area contributed by atoms with Gasteiger partial charge in [-0.2, -0.15) is 18.3 Å². The highest BCUT2D eigenvalue weighted by Crippen LogP contribution is 2.39. The van der Waals surface area contributed by atoms with E-state index in [-0.39, 0.29) is 23.3 Å². The van der Waals surface area contributed by atoms with Crippen LogP contribution in [0.3, 0.4) is 0 Å². The van der Waals surface area contributed by atoms with Crippen LogP contribution in [-0.2, 0) is 10.9 Å². The number of aromatic nitrogens is 2. The minimum absolute atomic E-state index is 0.0258. The average molecular weight is 459 g/mol. The predicted molar refractivity (Wildman–Crippen MR) is 105 cm³/mol. The number of alkyl halides is 3. The second-order valence-electron chi connectivity index (χ2n) is 7.69. The summed E-state index contributed by atoms with van der Waals surface area (Å²) in [6.45, 7) is 2.62. The number of phenolic OH excluding ortho intramolecular Hbond substituents is 1. The van der Waals surface area contributed by atoms with Crippen molar-refractivity contribution < 1.29 is 36.2 Å². The molecule has 1 aromatic heterocycles. The van der Waals surface area contributed by atoms with Crippen molar-refractivity contribution in [2.45, 2.75) is 32.0 Å². The van der Waals surface area contributed by atoms with E-state index in [4.69, 9.17) is 4.74 Å². The summed E-state index contributed by atoms with van der Waals surface area (Å²) in [5.41, 5.74) is -2.19. The van der Waals surface area contributed by atoms with E-state index in [0.717, 1.165) is 10.7 Å². The summed E-state index contributed by atoms with van der Waals surface area (Å²) >= 11 is 0. The molecule has 0 bridgehead atoms. The molecule has 5 nitrogen and oxygen atoms in total. The molecule has 0 spiro atoms. The molecule has 2 heterocycles. The zero-order chi connectivity index (χ0) is 23.4. The first-order valence-corrected chi connectivity index (χ1v) is 9.78. The molecule has 1 N–H and O–H groups in total. The molecule has 0 radical (unpaired) electrons. The normalized spacial score (nSPS) is 15.5. The lowest BCUT2D eigenvalue weighted by Crippen LogP contribution is -2.37. The number of ether oxygens (including phenoxy) is 1. The Morgan fingerprint density at radius 1 is 1.09 bits per heavy atom. The van der Waals surface area contributed by atoms with E-state index in [1.165, 1.54) is 13.0 Å². The second-order valence-corrected chi connectivity index (χ2v) is 7.69. The number of hydrogen-bond donors (Lipinski definition) is 1. The number of phenols is 1. The van der Waals surface area contributed by atoms with Gasteiger partial charge in [0.2, 0.25) is 0 Å². The summed E-state index contributed by atoms with van der Waals surface area (Å²) in [4.78, 5) is 1.76. The minimum Gasteiger partial charge on any atom is -0.503 e. The van der Waals surface area contributed by atoms with E-state index in [2.05, 4.69) is 5.10 Å². The van der Waals surface area contributed by atoms with Crippen LogP contribution in [0.2, 0.25) is 0 Å². The molecule has 2 aromatic carbocycles. The molecule has 11 heteroatoms. The third-order valence-corrected chi connectivity index (χ3v) is 5.74. The highest BCUT2D eigenvalue weighted by atomic mass is 19.4. The number of hydrogen-bond acceptors (Lipinski definition) is 4.